The number of rotatable bonds is 8. The van der Waals surface area contributed by atoms with Gasteiger partial charge in [0.25, 0.3) is 0 Å². The lowest BCUT2D eigenvalue weighted by Crippen LogP contribution is -2.05. The summed E-state index contributed by atoms with van der Waals surface area (Å²) in [5, 5.41) is 0. The molecule has 2 aromatic carbocycles. The fourth-order valence-electron chi connectivity index (χ4n) is 1.97. The van der Waals surface area contributed by atoms with E-state index in [1.807, 2.05) is 42.5 Å². The Bertz CT molecular complexity index is 678. The van der Waals surface area contributed by atoms with Gasteiger partial charge in [0.15, 0.2) is 5.75 Å². The molecule has 0 aromatic heterocycles. The standard InChI is InChI=1S/C20H23NO3/c1-3-5-14-23-17-12-10-16(11-13-17)15-21-18-8-6-7-9-19(18)24-20(22)4-2/h6-13,15H,3-5,14H2,1-2H3. The molecule has 0 spiro atoms. The van der Waals surface area contributed by atoms with Gasteiger partial charge in [-0.25, -0.2) is 0 Å². The maximum Gasteiger partial charge on any atom is 0.310 e. The minimum Gasteiger partial charge on any atom is -0.494 e. The molecule has 0 saturated carbocycles. The average molecular weight is 325 g/mol. The van der Waals surface area contributed by atoms with Gasteiger partial charge in [-0.1, -0.05) is 32.4 Å². The second-order valence-electron chi connectivity index (χ2n) is 5.32. The number of esters is 1. The molecule has 0 bridgehead atoms. The van der Waals surface area contributed by atoms with Gasteiger partial charge in [0.2, 0.25) is 0 Å². The molecule has 0 unspecified atom stereocenters. The summed E-state index contributed by atoms with van der Waals surface area (Å²) in [6.45, 7) is 4.64. The molecule has 0 atom stereocenters. The van der Waals surface area contributed by atoms with E-state index in [4.69, 9.17) is 9.47 Å². The number of ether oxygens (including phenoxy) is 2. The molecule has 126 valence electrons. The molecular formula is C20H23NO3. The van der Waals surface area contributed by atoms with Crippen LogP contribution in [0.2, 0.25) is 0 Å². The van der Waals surface area contributed by atoms with Crippen LogP contribution in [-0.2, 0) is 4.79 Å². The summed E-state index contributed by atoms with van der Waals surface area (Å²) in [6, 6.07) is 15.0. The van der Waals surface area contributed by atoms with E-state index in [0.717, 1.165) is 30.8 Å². The third-order valence-corrected chi connectivity index (χ3v) is 3.38. The molecule has 2 rings (SSSR count). The van der Waals surface area contributed by atoms with Gasteiger partial charge in [-0.2, -0.15) is 0 Å². The Morgan fingerprint density at radius 2 is 1.83 bits per heavy atom. The highest BCUT2D eigenvalue weighted by Crippen LogP contribution is 2.27. The molecule has 0 aliphatic heterocycles. The van der Waals surface area contributed by atoms with Gasteiger partial charge in [-0.05, 0) is 48.4 Å². The average Bonchev–Trinajstić information content (AvgIpc) is 2.62. The molecule has 0 saturated heterocycles. The van der Waals surface area contributed by atoms with E-state index < -0.39 is 0 Å². The Hall–Kier alpha value is -2.62. The molecule has 24 heavy (non-hydrogen) atoms. The maximum atomic E-state index is 11.5. The van der Waals surface area contributed by atoms with Crippen molar-refractivity contribution in [2.24, 2.45) is 4.99 Å². The van der Waals surface area contributed by atoms with E-state index in [9.17, 15) is 4.79 Å². The van der Waals surface area contributed by atoms with Crippen molar-refractivity contribution >= 4 is 17.9 Å². The Kier molecular flexibility index (Phi) is 7.02. The van der Waals surface area contributed by atoms with Gasteiger partial charge in [0, 0.05) is 12.6 Å². The fraction of sp³-hybridized carbons (Fsp3) is 0.300. The van der Waals surface area contributed by atoms with Gasteiger partial charge in [-0.15, -0.1) is 0 Å². The van der Waals surface area contributed by atoms with Gasteiger partial charge in [0.1, 0.15) is 11.4 Å². The lowest BCUT2D eigenvalue weighted by Gasteiger charge is -2.06. The zero-order chi connectivity index (χ0) is 17.2. The van der Waals surface area contributed by atoms with Crippen molar-refractivity contribution in [3.8, 4) is 11.5 Å². The van der Waals surface area contributed by atoms with E-state index >= 15 is 0 Å². The van der Waals surface area contributed by atoms with Crippen molar-refractivity contribution in [3.63, 3.8) is 0 Å². The summed E-state index contributed by atoms with van der Waals surface area (Å²) in [5.41, 5.74) is 1.58. The smallest absolute Gasteiger partial charge is 0.310 e. The zero-order valence-electron chi connectivity index (χ0n) is 14.2. The molecule has 0 N–H and O–H groups in total. The van der Waals surface area contributed by atoms with Crippen LogP contribution in [0.5, 0.6) is 11.5 Å². The van der Waals surface area contributed by atoms with Crippen LogP contribution in [0.15, 0.2) is 53.5 Å². The molecule has 0 aliphatic carbocycles. The second-order valence-corrected chi connectivity index (χ2v) is 5.32. The molecule has 4 heteroatoms. The van der Waals surface area contributed by atoms with Crippen LogP contribution in [-0.4, -0.2) is 18.8 Å². The van der Waals surface area contributed by atoms with Crippen molar-refractivity contribution in [1.82, 2.24) is 0 Å². The predicted octanol–water partition coefficient (Wildman–Crippen LogP) is 4.93. The predicted molar refractivity (Wildman–Crippen MR) is 96.5 cm³/mol. The minimum atomic E-state index is -0.272. The van der Waals surface area contributed by atoms with Gasteiger partial charge < -0.3 is 9.47 Å². The van der Waals surface area contributed by atoms with Gasteiger partial charge in [-0.3, -0.25) is 9.79 Å². The maximum absolute atomic E-state index is 11.5. The van der Waals surface area contributed by atoms with Crippen LogP contribution in [0.1, 0.15) is 38.7 Å². The van der Waals surface area contributed by atoms with Crippen LogP contribution in [0.4, 0.5) is 5.69 Å². The first-order chi connectivity index (χ1) is 11.7. The van der Waals surface area contributed by atoms with Gasteiger partial charge in [0.05, 0.1) is 6.61 Å². The van der Waals surface area contributed by atoms with Crippen LogP contribution < -0.4 is 9.47 Å². The Morgan fingerprint density at radius 1 is 1.08 bits per heavy atom. The molecule has 0 fully saturated rings. The summed E-state index contributed by atoms with van der Waals surface area (Å²) >= 11 is 0. The summed E-state index contributed by atoms with van der Waals surface area (Å²) in [4.78, 5) is 15.9. The number of carbonyl (C=O) groups is 1. The third-order valence-electron chi connectivity index (χ3n) is 3.38. The normalized spacial score (nSPS) is 10.8. The molecule has 0 amide bonds. The number of aliphatic imine (C=N–C) groups is 1. The topological polar surface area (TPSA) is 47.9 Å². The summed E-state index contributed by atoms with van der Waals surface area (Å²) < 4.78 is 10.9. The monoisotopic (exact) mass is 325 g/mol. The highest BCUT2D eigenvalue weighted by atomic mass is 16.5. The van der Waals surface area contributed by atoms with E-state index in [0.29, 0.717) is 17.9 Å². The van der Waals surface area contributed by atoms with Crippen molar-refractivity contribution in [2.45, 2.75) is 33.1 Å². The number of nitrogens with zero attached hydrogens (tertiary/aromatic N) is 1. The second kappa shape index (κ2) is 9.50. The highest BCUT2D eigenvalue weighted by Gasteiger charge is 2.05. The Morgan fingerprint density at radius 3 is 2.54 bits per heavy atom. The first kappa shape index (κ1) is 17.7. The van der Waals surface area contributed by atoms with E-state index in [1.165, 1.54) is 0 Å². The minimum absolute atomic E-state index is 0.272. The van der Waals surface area contributed by atoms with E-state index in [1.54, 1.807) is 19.2 Å². The number of carbonyl (C=O) groups excluding carboxylic acids is 1. The first-order valence-electron chi connectivity index (χ1n) is 8.29. The number of hydrogen-bond donors (Lipinski definition) is 0. The fourth-order valence-corrected chi connectivity index (χ4v) is 1.97. The largest absolute Gasteiger partial charge is 0.494 e. The van der Waals surface area contributed by atoms with E-state index in [2.05, 4.69) is 11.9 Å². The third kappa shape index (κ3) is 5.54. The molecule has 0 aliphatic rings. The van der Waals surface area contributed by atoms with Crippen molar-refractivity contribution in [1.29, 1.82) is 0 Å². The molecule has 0 heterocycles. The highest BCUT2D eigenvalue weighted by molar-refractivity contribution is 5.83. The lowest BCUT2D eigenvalue weighted by atomic mass is 10.2. The molecule has 2 aromatic rings. The summed E-state index contributed by atoms with van der Waals surface area (Å²) in [7, 11) is 0. The van der Waals surface area contributed by atoms with Crippen molar-refractivity contribution in [3.05, 3.63) is 54.1 Å². The van der Waals surface area contributed by atoms with Crippen LogP contribution in [0.25, 0.3) is 0 Å². The van der Waals surface area contributed by atoms with E-state index in [-0.39, 0.29) is 5.97 Å². The zero-order valence-corrected chi connectivity index (χ0v) is 14.2. The molecule has 0 radical (unpaired) electrons. The SMILES string of the molecule is CCCCOc1ccc(C=Nc2ccccc2OC(=O)CC)cc1. The van der Waals surface area contributed by atoms with Crippen molar-refractivity contribution in [2.75, 3.05) is 6.61 Å². The Balaban J connectivity index is 2.04. The number of benzene rings is 2. The first-order valence-corrected chi connectivity index (χ1v) is 8.29. The van der Waals surface area contributed by atoms with Crippen molar-refractivity contribution < 1.29 is 14.3 Å². The summed E-state index contributed by atoms with van der Waals surface area (Å²) in [5.74, 6) is 1.06. The summed E-state index contributed by atoms with van der Waals surface area (Å²) in [6.07, 6.45) is 4.25. The van der Waals surface area contributed by atoms with Crippen LogP contribution in [0, 0.1) is 0 Å². The number of para-hydroxylation sites is 2. The quantitative estimate of drug-likeness (QED) is 0.299. The van der Waals surface area contributed by atoms with Crippen LogP contribution in [0.3, 0.4) is 0 Å². The number of unbranched alkanes of at least 4 members (excludes halogenated alkanes) is 1. The molecular weight excluding hydrogens is 302 g/mol. The molecule has 4 nitrogen and oxygen atoms in total. The lowest BCUT2D eigenvalue weighted by molar-refractivity contribution is -0.133. The van der Waals surface area contributed by atoms with Gasteiger partial charge >= 0.3 is 5.97 Å². The number of hydrogen-bond acceptors (Lipinski definition) is 4. The Labute approximate surface area is 143 Å². The van der Waals surface area contributed by atoms with Crippen LogP contribution >= 0.6 is 0 Å².